The van der Waals surface area contributed by atoms with Gasteiger partial charge >= 0.3 is 21.0 Å². The number of pyridine rings is 1. The summed E-state index contributed by atoms with van der Waals surface area (Å²) in [6, 6.07) is 5.02. The van der Waals surface area contributed by atoms with Crippen LogP contribution >= 0.6 is 15.9 Å². The predicted octanol–water partition coefficient (Wildman–Crippen LogP) is -0.998. The van der Waals surface area contributed by atoms with Crippen molar-refractivity contribution in [2.24, 2.45) is 0 Å². The molecule has 2 aromatic heterocycles. The van der Waals surface area contributed by atoms with E-state index < -0.39 is 27.4 Å². The minimum absolute atomic E-state index is 0.0294. The molecule has 0 saturated carbocycles. The van der Waals surface area contributed by atoms with Crippen LogP contribution in [0.1, 0.15) is 5.69 Å². The van der Waals surface area contributed by atoms with Crippen molar-refractivity contribution in [3.63, 3.8) is 0 Å². The Morgan fingerprint density at radius 1 is 1.05 bits per heavy atom. The Bertz CT molecular complexity index is 572. The summed E-state index contributed by atoms with van der Waals surface area (Å²) in [6.07, 6.45) is 2.16. The largest absolute Gasteiger partial charge is 0.489 e. The fraction of sp³-hybridized carbons (Fsp3) is 0.222. The standard InChI is InChI=1S/C9H14N2O7P2/c12-9(19(13,14)15,20(16,17)18)5-7-6-11-4-2-1-3-8(11)10-7/h1-4,6,12-18H,5H2/q+2. The monoisotopic (exact) mass is 324 g/mol. The molecule has 9 nitrogen and oxygen atoms in total. The van der Waals surface area contributed by atoms with E-state index >= 15 is 0 Å². The second kappa shape index (κ2) is 4.92. The summed E-state index contributed by atoms with van der Waals surface area (Å²) >= 11 is 0. The quantitative estimate of drug-likeness (QED) is 0.353. The maximum atomic E-state index is 9.91. The van der Waals surface area contributed by atoms with Crippen molar-refractivity contribution in [2.75, 3.05) is 0 Å². The van der Waals surface area contributed by atoms with Crippen LogP contribution in [0, 0.1) is 0 Å². The van der Waals surface area contributed by atoms with Crippen LogP contribution in [0.4, 0.5) is 0 Å². The van der Waals surface area contributed by atoms with Crippen LogP contribution in [-0.4, -0.2) is 48.9 Å². The van der Waals surface area contributed by atoms with Gasteiger partial charge in [-0.05, 0) is 12.1 Å². The lowest BCUT2D eigenvalue weighted by Gasteiger charge is -2.24. The van der Waals surface area contributed by atoms with E-state index in [1.54, 1.807) is 24.4 Å². The molecule has 2 rings (SSSR count). The molecule has 20 heavy (non-hydrogen) atoms. The molecule has 7 N–H and O–H groups in total. The molecule has 0 unspecified atom stereocenters. The van der Waals surface area contributed by atoms with Crippen LogP contribution in [0.25, 0.3) is 5.65 Å². The molecular formula is C9H14N2O7P2+2. The lowest BCUT2D eigenvalue weighted by Crippen LogP contribution is -2.37. The summed E-state index contributed by atoms with van der Waals surface area (Å²) in [6.45, 7) is 0. The lowest BCUT2D eigenvalue weighted by molar-refractivity contribution is 0.103. The highest BCUT2D eigenvalue weighted by atomic mass is 31.3. The molecule has 110 valence electrons. The highest BCUT2D eigenvalue weighted by molar-refractivity contribution is 7.78. The van der Waals surface area contributed by atoms with Crippen molar-refractivity contribution in [3.05, 3.63) is 36.3 Å². The van der Waals surface area contributed by atoms with E-state index in [4.69, 9.17) is 0 Å². The Labute approximate surface area is 114 Å². The Morgan fingerprint density at radius 2 is 1.65 bits per heavy atom. The van der Waals surface area contributed by atoms with Gasteiger partial charge in [-0.25, -0.2) is 4.98 Å². The van der Waals surface area contributed by atoms with Gasteiger partial charge in [0, 0.05) is 12.4 Å². The first kappa shape index (κ1) is 15.7. The van der Waals surface area contributed by atoms with E-state index in [9.17, 15) is 34.5 Å². The molecule has 11 heteroatoms. The van der Waals surface area contributed by atoms with E-state index in [1.165, 1.54) is 10.6 Å². The van der Waals surface area contributed by atoms with Gasteiger partial charge in [-0.3, -0.25) is 0 Å². The third-order valence-electron chi connectivity index (χ3n) is 2.79. The van der Waals surface area contributed by atoms with Gasteiger partial charge in [0.25, 0.3) is 0 Å². The van der Waals surface area contributed by atoms with Crippen molar-refractivity contribution in [1.29, 1.82) is 0 Å². The summed E-state index contributed by atoms with van der Waals surface area (Å²) in [4.78, 5) is 59.2. The normalized spacial score (nSPS) is 13.9. The van der Waals surface area contributed by atoms with Gasteiger partial charge in [0.05, 0.1) is 5.69 Å². The van der Waals surface area contributed by atoms with Crippen LogP contribution in [0.3, 0.4) is 0 Å². The highest BCUT2D eigenvalue weighted by Gasteiger charge is 2.79. The summed E-state index contributed by atoms with van der Waals surface area (Å²) in [5.41, 5.74) is 0.488. The molecule has 0 fully saturated rings. The number of nitrogens with zero attached hydrogens (tertiary/aromatic N) is 2. The molecular weight excluding hydrogens is 310 g/mol. The summed E-state index contributed by atoms with van der Waals surface area (Å²) in [5, 5.41) is 6.65. The van der Waals surface area contributed by atoms with Crippen molar-refractivity contribution in [2.45, 2.75) is 11.5 Å². The zero-order valence-electron chi connectivity index (χ0n) is 10.0. The number of aromatic nitrogens is 2. The first-order valence-corrected chi connectivity index (χ1v) is 8.64. The molecule has 0 aliphatic heterocycles. The summed E-state index contributed by atoms with van der Waals surface area (Å²) in [7, 11) is -10.3. The molecule has 0 aliphatic carbocycles. The summed E-state index contributed by atoms with van der Waals surface area (Å²) < 4.78 is 1.54. The molecule has 2 heterocycles. The fourth-order valence-corrected chi connectivity index (χ4v) is 3.90. The Kier molecular flexibility index (Phi) is 3.85. The van der Waals surface area contributed by atoms with Crippen molar-refractivity contribution >= 4 is 21.5 Å². The Balaban J connectivity index is 2.43. The molecule has 0 aromatic carbocycles. The molecule has 0 radical (unpaired) electrons. The second-order valence-corrected chi connectivity index (χ2v) is 8.39. The molecule has 0 saturated heterocycles. The SMILES string of the molecule is OC(Cc1cn2ccccc2n1)([P+](O)(O)O)[P+](O)(O)O. The van der Waals surface area contributed by atoms with Crippen LogP contribution in [0.5, 0.6) is 0 Å². The second-order valence-electron chi connectivity index (χ2n) is 4.29. The van der Waals surface area contributed by atoms with E-state index in [2.05, 4.69) is 4.98 Å². The maximum Gasteiger partial charge on any atom is 0.489 e. The van der Waals surface area contributed by atoms with Gasteiger partial charge in [-0.2, -0.15) is 29.4 Å². The first-order valence-electron chi connectivity index (χ1n) is 5.34. The van der Waals surface area contributed by atoms with Crippen molar-refractivity contribution in [1.82, 2.24) is 9.38 Å². The number of rotatable bonds is 4. The van der Waals surface area contributed by atoms with Crippen LogP contribution in [0.15, 0.2) is 30.6 Å². The van der Waals surface area contributed by atoms with E-state index in [-0.39, 0.29) is 5.69 Å². The molecule has 0 aliphatic rings. The molecule has 0 atom stereocenters. The highest BCUT2D eigenvalue weighted by Crippen LogP contribution is 2.76. The lowest BCUT2D eigenvalue weighted by atomic mass is 10.3. The number of imidazole rings is 1. The third kappa shape index (κ3) is 2.68. The van der Waals surface area contributed by atoms with Gasteiger partial charge in [0.2, 0.25) is 0 Å². The summed E-state index contributed by atoms with van der Waals surface area (Å²) in [5.74, 6) is 0. The zero-order chi connectivity index (χ0) is 15.2. The van der Waals surface area contributed by atoms with Crippen molar-refractivity contribution in [3.8, 4) is 0 Å². The van der Waals surface area contributed by atoms with Crippen LogP contribution in [-0.2, 0) is 6.42 Å². The smallest absolute Gasteiger partial charge is 0.314 e. The molecule has 0 spiro atoms. The topological polar surface area (TPSA) is 159 Å². The molecule has 2 aromatic rings. The Hall–Kier alpha value is -0.730. The first-order chi connectivity index (χ1) is 9.04. The van der Waals surface area contributed by atoms with Gasteiger partial charge < -0.3 is 9.51 Å². The number of aliphatic hydroxyl groups is 1. The Morgan fingerprint density at radius 3 is 2.15 bits per heavy atom. The average Bonchev–Trinajstić information content (AvgIpc) is 2.67. The fourth-order valence-electron chi connectivity index (χ4n) is 1.71. The van der Waals surface area contributed by atoms with Gasteiger partial charge in [-0.15, -0.1) is 0 Å². The molecule has 0 amide bonds. The van der Waals surface area contributed by atoms with E-state index in [1.807, 2.05) is 0 Å². The van der Waals surface area contributed by atoms with Crippen LogP contribution in [0.2, 0.25) is 0 Å². The van der Waals surface area contributed by atoms with E-state index in [0.29, 0.717) is 5.65 Å². The zero-order valence-corrected chi connectivity index (χ0v) is 11.8. The van der Waals surface area contributed by atoms with Crippen LogP contribution < -0.4 is 0 Å². The molecule has 0 bridgehead atoms. The minimum atomic E-state index is -5.16. The minimum Gasteiger partial charge on any atom is -0.314 e. The number of hydrogen-bond donors (Lipinski definition) is 7. The number of fused-ring (bicyclic) bond motifs is 1. The number of hydrogen-bond acceptors (Lipinski definition) is 8. The van der Waals surface area contributed by atoms with Crippen molar-refractivity contribution < 1.29 is 34.5 Å². The average molecular weight is 324 g/mol. The van der Waals surface area contributed by atoms with Gasteiger partial charge in [0.1, 0.15) is 12.1 Å². The predicted molar refractivity (Wildman–Crippen MR) is 71.0 cm³/mol. The van der Waals surface area contributed by atoms with E-state index in [0.717, 1.165) is 0 Å². The maximum absolute atomic E-state index is 9.91. The van der Waals surface area contributed by atoms with Gasteiger partial charge in [-0.1, -0.05) is 6.07 Å². The van der Waals surface area contributed by atoms with Gasteiger partial charge in [0.15, 0.2) is 0 Å². The third-order valence-corrected chi connectivity index (χ3v) is 6.64.